The van der Waals surface area contributed by atoms with Crippen molar-refractivity contribution < 1.29 is 4.79 Å². The van der Waals surface area contributed by atoms with E-state index in [9.17, 15) is 4.79 Å². The molecule has 1 unspecified atom stereocenters. The van der Waals surface area contributed by atoms with E-state index in [2.05, 4.69) is 37.9 Å². The topological polar surface area (TPSA) is 58.4 Å². The van der Waals surface area contributed by atoms with Crippen LogP contribution in [-0.4, -0.2) is 29.9 Å². The zero-order chi connectivity index (χ0) is 15.8. The van der Waals surface area contributed by atoms with Crippen LogP contribution < -0.4 is 11.1 Å². The van der Waals surface area contributed by atoms with Crippen LogP contribution >= 0.6 is 0 Å². The van der Waals surface area contributed by atoms with Gasteiger partial charge in [0.15, 0.2) is 0 Å². The van der Waals surface area contributed by atoms with Gasteiger partial charge in [-0.25, -0.2) is 0 Å². The number of hydrogen-bond acceptors (Lipinski definition) is 3. The first-order valence-corrected chi connectivity index (χ1v) is 7.90. The first-order chi connectivity index (χ1) is 9.99. The fraction of sp³-hybridized carbons (Fsp3) is 0.588. The van der Waals surface area contributed by atoms with E-state index in [1.54, 1.807) is 12.1 Å². The summed E-state index contributed by atoms with van der Waals surface area (Å²) in [5.74, 6) is 0.341. The van der Waals surface area contributed by atoms with Crippen molar-refractivity contribution in [1.82, 2.24) is 4.90 Å². The van der Waals surface area contributed by atoms with Crippen molar-refractivity contribution in [3.05, 3.63) is 24.3 Å². The van der Waals surface area contributed by atoms with E-state index in [1.165, 1.54) is 0 Å². The molecule has 118 valence electrons. The molecule has 1 amide bonds. The molecule has 0 heterocycles. The standard InChI is InChI=1S/C17H29N3O/c1-5-11-20(12-6-2)16(13(3)4)17(21)19-15-9-7-14(18)8-10-15/h7-10,13,16H,5-6,11-12,18H2,1-4H3,(H,19,21). The van der Waals surface area contributed by atoms with Crippen LogP contribution in [0.2, 0.25) is 0 Å². The minimum absolute atomic E-state index is 0.0664. The highest BCUT2D eigenvalue weighted by molar-refractivity contribution is 5.95. The molecule has 4 nitrogen and oxygen atoms in total. The minimum Gasteiger partial charge on any atom is -0.399 e. The second-order valence-electron chi connectivity index (χ2n) is 5.84. The van der Waals surface area contributed by atoms with Crippen molar-refractivity contribution in [2.45, 2.75) is 46.6 Å². The highest BCUT2D eigenvalue weighted by Gasteiger charge is 2.28. The number of carbonyl (C=O) groups is 1. The molecular weight excluding hydrogens is 262 g/mol. The Hall–Kier alpha value is -1.55. The fourth-order valence-corrected chi connectivity index (χ4v) is 2.64. The zero-order valence-electron chi connectivity index (χ0n) is 13.7. The molecule has 0 aromatic heterocycles. The van der Waals surface area contributed by atoms with Gasteiger partial charge in [0.2, 0.25) is 5.91 Å². The van der Waals surface area contributed by atoms with Crippen molar-refractivity contribution in [2.75, 3.05) is 24.1 Å². The van der Waals surface area contributed by atoms with Crippen LogP contribution in [0.1, 0.15) is 40.5 Å². The highest BCUT2D eigenvalue weighted by atomic mass is 16.2. The Bertz CT molecular complexity index is 422. The van der Waals surface area contributed by atoms with Gasteiger partial charge in [-0.3, -0.25) is 9.69 Å². The molecule has 1 atom stereocenters. The van der Waals surface area contributed by atoms with Crippen molar-refractivity contribution in [3.8, 4) is 0 Å². The normalized spacial score (nSPS) is 12.7. The molecule has 0 aliphatic rings. The van der Waals surface area contributed by atoms with Gasteiger partial charge in [0.1, 0.15) is 0 Å². The van der Waals surface area contributed by atoms with E-state index in [-0.39, 0.29) is 17.9 Å². The monoisotopic (exact) mass is 291 g/mol. The molecule has 0 saturated carbocycles. The second-order valence-corrected chi connectivity index (χ2v) is 5.84. The average molecular weight is 291 g/mol. The zero-order valence-corrected chi connectivity index (χ0v) is 13.7. The van der Waals surface area contributed by atoms with E-state index < -0.39 is 0 Å². The van der Waals surface area contributed by atoms with Gasteiger partial charge >= 0.3 is 0 Å². The number of nitrogens with one attached hydrogen (secondary N) is 1. The van der Waals surface area contributed by atoms with Crippen LogP contribution in [0.15, 0.2) is 24.3 Å². The molecule has 1 aromatic rings. The van der Waals surface area contributed by atoms with Gasteiger partial charge in [-0.2, -0.15) is 0 Å². The lowest BCUT2D eigenvalue weighted by molar-refractivity contribution is -0.122. The highest BCUT2D eigenvalue weighted by Crippen LogP contribution is 2.16. The van der Waals surface area contributed by atoms with Crippen LogP contribution in [-0.2, 0) is 4.79 Å². The third kappa shape index (κ3) is 5.38. The molecule has 1 rings (SSSR count). The lowest BCUT2D eigenvalue weighted by atomic mass is 10.0. The molecule has 0 bridgehead atoms. The van der Waals surface area contributed by atoms with Crippen molar-refractivity contribution in [1.29, 1.82) is 0 Å². The number of carbonyl (C=O) groups excluding carboxylic acids is 1. The van der Waals surface area contributed by atoms with Gasteiger partial charge in [-0.15, -0.1) is 0 Å². The van der Waals surface area contributed by atoms with Gasteiger partial charge in [0, 0.05) is 11.4 Å². The number of nitrogens with zero attached hydrogens (tertiary/aromatic N) is 1. The number of anilines is 2. The molecule has 0 saturated heterocycles. The van der Waals surface area contributed by atoms with Gasteiger partial charge < -0.3 is 11.1 Å². The summed E-state index contributed by atoms with van der Waals surface area (Å²) in [5, 5.41) is 3.01. The second kappa shape index (κ2) is 8.67. The van der Waals surface area contributed by atoms with Crippen LogP contribution in [0.5, 0.6) is 0 Å². The number of hydrogen-bond donors (Lipinski definition) is 2. The Labute approximate surface area is 128 Å². The van der Waals surface area contributed by atoms with E-state index in [0.717, 1.165) is 31.6 Å². The smallest absolute Gasteiger partial charge is 0.241 e. The van der Waals surface area contributed by atoms with Gasteiger partial charge in [0.25, 0.3) is 0 Å². The maximum absolute atomic E-state index is 12.6. The van der Waals surface area contributed by atoms with Crippen molar-refractivity contribution in [3.63, 3.8) is 0 Å². The molecule has 0 radical (unpaired) electrons. The Morgan fingerprint density at radius 2 is 1.67 bits per heavy atom. The molecule has 4 heteroatoms. The summed E-state index contributed by atoms with van der Waals surface area (Å²) in [6.07, 6.45) is 2.11. The van der Waals surface area contributed by atoms with Crippen LogP contribution in [0.4, 0.5) is 11.4 Å². The van der Waals surface area contributed by atoms with E-state index in [1.807, 2.05) is 12.1 Å². The van der Waals surface area contributed by atoms with Gasteiger partial charge in [-0.1, -0.05) is 27.7 Å². The molecule has 3 N–H and O–H groups in total. The largest absolute Gasteiger partial charge is 0.399 e. The van der Waals surface area contributed by atoms with Gasteiger partial charge in [-0.05, 0) is 56.1 Å². The van der Waals surface area contributed by atoms with E-state index >= 15 is 0 Å². The molecule has 0 aliphatic heterocycles. The van der Waals surface area contributed by atoms with Crippen molar-refractivity contribution in [2.24, 2.45) is 5.92 Å². The quantitative estimate of drug-likeness (QED) is 0.722. The van der Waals surface area contributed by atoms with Crippen LogP contribution in [0.3, 0.4) is 0 Å². The SMILES string of the molecule is CCCN(CCC)C(C(=O)Nc1ccc(N)cc1)C(C)C. The minimum atomic E-state index is -0.0950. The molecule has 0 fully saturated rings. The summed E-state index contributed by atoms with van der Waals surface area (Å²) < 4.78 is 0. The third-order valence-corrected chi connectivity index (χ3v) is 3.49. The third-order valence-electron chi connectivity index (χ3n) is 3.49. The predicted octanol–water partition coefficient (Wildman–Crippen LogP) is 3.35. The van der Waals surface area contributed by atoms with Crippen LogP contribution in [0, 0.1) is 5.92 Å². The summed E-state index contributed by atoms with van der Waals surface area (Å²) >= 11 is 0. The molecule has 0 spiro atoms. The Balaban J connectivity index is 2.82. The van der Waals surface area contributed by atoms with E-state index in [4.69, 9.17) is 5.73 Å². The van der Waals surface area contributed by atoms with Crippen molar-refractivity contribution >= 4 is 17.3 Å². The Morgan fingerprint density at radius 3 is 2.10 bits per heavy atom. The lowest BCUT2D eigenvalue weighted by Crippen LogP contribution is -2.48. The van der Waals surface area contributed by atoms with Gasteiger partial charge in [0.05, 0.1) is 6.04 Å². The summed E-state index contributed by atoms with van der Waals surface area (Å²) in [6, 6.07) is 7.19. The maximum Gasteiger partial charge on any atom is 0.241 e. The Kier molecular flexibility index (Phi) is 7.23. The fourth-order valence-electron chi connectivity index (χ4n) is 2.64. The molecule has 0 aliphatic carbocycles. The first kappa shape index (κ1) is 17.5. The Morgan fingerprint density at radius 1 is 1.14 bits per heavy atom. The van der Waals surface area contributed by atoms with E-state index in [0.29, 0.717) is 5.69 Å². The first-order valence-electron chi connectivity index (χ1n) is 7.90. The summed E-state index contributed by atoms with van der Waals surface area (Å²) in [6.45, 7) is 10.4. The number of amides is 1. The number of nitrogens with two attached hydrogens (primary N) is 1. The summed E-state index contributed by atoms with van der Waals surface area (Å²) in [4.78, 5) is 14.9. The molecular formula is C17H29N3O. The number of nitrogen functional groups attached to an aromatic ring is 1. The predicted molar refractivity (Wildman–Crippen MR) is 90.3 cm³/mol. The summed E-state index contributed by atoms with van der Waals surface area (Å²) in [7, 11) is 0. The lowest BCUT2D eigenvalue weighted by Gasteiger charge is -2.33. The average Bonchev–Trinajstić information content (AvgIpc) is 2.41. The summed E-state index contributed by atoms with van der Waals surface area (Å²) in [5.41, 5.74) is 7.17. The maximum atomic E-state index is 12.6. The molecule has 1 aromatic carbocycles. The number of rotatable bonds is 8. The number of benzene rings is 1. The molecule has 21 heavy (non-hydrogen) atoms. The van der Waals surface area contributed by atoms with Crippen LogP contribution in [0.25, 0.3) is 0 Å².